The van der Waals surface area contributed by atoms with Gasteiger partial charge in [0, 0.05) is 5.56 Å². The zero-order valence-corrected chi connectivity index (χ0v) is 10.4. The molecule has 0 amide bonds. The van der Waals surface area contributed by atoms with E-state index in [0.717, 1.165) is 12.1 Å². The average Bonchev–Trinajstić information content (AvgIpc) is 2.66. The van der Waals surface area contributed by atoms with Crippen molar-refractivity contribution in [1.82, 2.24) is 0 Å². The molecule has 17 heavy (non-hydrogen) atoms. The van der Waals surface area contributed by atoms with Gasteiger partial charge in [0.25, 0.3) is 0 Å². The fraction of sp³-hybridized carbons (Fsp3) is 0.500. The summed E-state index contributed by atoms with van der Waals surface area (Å²) in [6.07, 6.45) is -0.301. The van der Waals surface area contributed by atoms with Crippen molar-refractivity contribution in [3.05, 3.63) is 34.9 Å². The molecule has 2 unspecified atom stereocenters. The molecule has 1 aromatic carbocycles. The predicted molar refractivity (Wildman–Crippen MR) is 60.0 cm³/mol. The zero-order valence-electron chi connectivity index (χ0n) is 9.60. The van der Waals surface area contributed by atoms with Gasteiger partial charge in [-0.15, -0.1) is 11.6 Å². The van der Waals surface area contributed by atoms with Crippen molar-refractivity contribution in [2.24, 2.45) is 0 Å². The molecule has 1 aliphatic heterocycles. The Morgan fingerprint density at radius 2 is 2.12 bits per heavy atom. The van der Waals surface area contributed by atoms with Crippen molar-refractivity contribution in [3.8, 4) is 0 Å². The first-order chi connectivity index (χ1) is 7.96. The van der Waals surface area contributed by atoms with Gasteiger partial charge in [0.05, 0.1) is 18.6 Å². The lowest BCUT2D eigenvalue weighted by Gasteiger charge is -2.24. The third-order valence-electron chi connectivity index (χ3n) is 2.85. The summed E-state index contributed by atoms with van der Waals surface area (Å²) in [6, 6.07) is 2.25. The molecule has 5 heteroatoms. The van der Waals surface area contributed by atoms with Gasteiger partial charge < -0.3 is 9.47 Å². The summed E-state index contributed by atoms with van der Waals surface area (Å²) in [5, 5.41) is 0. The zero-order chi connectivity index (χ0) is 12.6. The molecule has 1 aromatic rings. The van der Waals surface area contributed by atoms with E-state index in [1.165, 1.54) is 6.92 Å². The molecule has 1 fully saturated rings. The van der Waals surface area contributed by atoms with Gasteiger partial charge in [-0.2, -0.15) is 0 Å². The highest BCUT2D eigenvalue weighted by Gasteiger charge is 2.40. The molecule has 1 heterocycles. The maximum atomic E-state index is 13.8. The van der Waals surface area contributed by atoms with E-state index in [-0.39, 0.29) is 29.7 Å². The van der Waals surface area contributed by atoms with Crippen molar-refractivity contribution in [1.29, 1.82) is 0 Å². The highest BCUT2D eigenvalue weighted by molar-refractivity contribution is 6.18. The summed E-state index contributed by atoms with van der Waals surface area (Å²) in [7, 11) is 0. The summed E-state index contributed by atoms with van der Waals surface area (Å²) in [6.45, 7) is 3.34. The third-order valence-corrected chi connectivity index (χ3v) is 3.19. The van der Waals surface area contributed by atoms with Crippen LogP contribution in [0.15, 0.2) is 12.1 Å². The van der Waals surface area contributed by atoms with Gasteiger partial charge in [0.1, 0.15) is 11.6 Å². The molecule has 0 N–H and O–H groups in total. The lowest BCUT2D eigenvalue weighted by Crippen LogP contribution is -2.26. The minimum absolute atomic E-state index is 0.0632. The van der Waals surface area contributed by atoms with Crippen LogP contribution in [-0.2, 0) is 15.3 Å². The number of hydrogen-bond acceptors (Lipinski definition) is 2. The summed E-state index contributed by atoms with van der Waals surface area (Å²) in [4.78, 5) is 0. The Labute approximate surface area is 103 Å². The number of benzene rings is 1. The van der Waals surface area contributed by atoms with Gasteiger partial charge in [0.15, 0.2) is 5.79 Å². The van der Waals surface area contributed by atoms with E-state index in [2.05, 4.69) is 0 Å². The summed E-state index contributed by atoms with van der Waals surface area (Å²) in [5.74, 6) is -2.03. The number of hydrogen-bond donors (Lipinski definition) is 0. The summed E-state index contributed by atoms with van der Waals surface area (Å²) >= 11 is 5.65. The van der Waals surface area contributed by atoms with Crippen molar-refractivity contribution in [3.63, 3.8) is 0 Å². The van der Waals surface area contributed by atoms with Gasteiger partial charge in [-0.3, -0.25) is 0 Å². The fourth-order valence-electron chi connectivity index (χ4n) is 1.85. The minimum atomic E-state index is -1.27. The van der Waals surface area contributed by atoms with Crippen LogP contribution in [0.25, 0.3) is 0 Å². The van der Waals surface area contributed by atoms with Crippen LogP contribution in [0.4, 0.5) is 8.78 Å². The molecule has 0 aliphatic carbocycles. The van der Waals surface area contributed by atoms with E-state index in [0.29, 0.717) is 0 Å². The fourth-order valence-corrected chi connectivity index (χ4v) is 2.00. The molecule has 0 aromatic heterocycles. The Morgan fingerprint density at radius 3 is 2.71 bits per heavy atom. The van der Waals surface area contributed by atoms with Gasteiger partial charge in [-0.1, -0.05) is 0 Å². The number of aryl methyl sites for hydroxylation is 1. The van der Waals surface area contributed by atoms with Crippen LogP contribution >= 0.6 is 11.6 Å². The van der Waals surface area contributed by atoms with Gasteiger partial charge in [-0.05, 0) is 31.5 Å². The normalized spacial score (nSPS) is 28.6. The molecule has 2 rings (SSSR count). The molecular weight excluding hydrogens is 250 g/mol. The van der Waals surface area contributed by atoms with E-state index in [1.54, 1.807) is 6.92 Å². The van der Waals surface area contributed by atoms with Crippen LogP contribution in [0.1, 0.15) is 18.1 Å². The lowest BCUT2D eigenvalue weighted by atomic mass is 10.0. The summed E-state index contributed by atoms with van der Waals surface area (Å²) in [5.41, 5.74) is 0.315. The number of rotatable bonds is 2. The van der Waals surface area contributed by atoms with E-state index >= 15 is 0 Å². The van der Waals surface area contributed by atoms with Crippen molar-refractivity contribution < 1.29 is 18.3 Å². The standard InChI is InChI=1S/C12H13ClF2O2/c1-7-3-11(15)9(4-10(7)14)12(2)16-6-8(5-13)17-12/h3-4,8H,5-6H2,1-2H3. The third kappa shape index (κ3) is 2.30. The Kier molecular flexibility index (Phi) is 3.39. The maximum Gasteiger partial charge on any atom is 0.195 e. The van der Waals surface area contributed by atoms with Gasteiger partial charge in [0.2, 0.25) is 0 Å². The van der Waals surface area contributed by atoms with Crippen LogP contribution in [0.3, 0.4) is 0 Å². The Hall–Kier alpha value is -0.710. The topological polar surface area (TPSA) is 18.5 Å². The SMILES string of the molecule is Cc1cc(F)c(C2(C)OCC(CCl)O2)cc1F. The Bertz CT molecular complexity index is 439. The van der Waals surface area contributed by atoms with Crippen molar-refractivity contribution in [2.75, 3.05) is 12.5 Å². The van der Waals surface area contributed by atoms with Crippen LogP contribution in [0, 0.1) is 18.6 Å². The molecule has 94 valence electrons. The number of ether oxygens (including phenoxy) is 2. The van der Waals surface area contributed by atoms with Crippen molar-refractivity contribution in [2.45, 2.75) is 25.7 Å². The van der Waals surface area contributed by atoms with Crippen LogP contribution in [0.2, 0.25) is 0 Å². The predicted octanol–water partition coefficient (Wildman–Crippen LogP) is 3.10. The molecule has 0 bridgehead atoms. The number of alkyl halides is 1. The highest BCUT2D eigenvalue weighted by Crippen LogP contribution is 2.36. The molecule has 0 radical (unpaired) electrons. The molecule has 0 saturated carbocycles. The molecular formula is C12H13ClF2O2. The van der Waals surface area contributed by atoms with Crippen LogP contribution in [0.5, 0.6) is 0 Å². The molecule has 1 saturated heterocycles. The second-order valence-corrected chi connectivity index (χ2v) is 4.54. The lowest BCUT2D eigenvalue weighted by molar-refractivity contribution is -0.161. The Balaban J connectivity index is 2.37. The second-order valence-electron chi connectivity index (χ2n) is 4.23. The maximum absolute atomic E-state index is 13.8. The van der Waals surface area contributed by atoms with Crippen LogP contribution in [-0.4, -0.2) is 18.6 Å². The van der Waals surface area contributed by atoms with Gasteiger partial charge >= 0.3 is 0 Å². The molecule has 2 nitrogen and oxygen atoms in total. The monoisotopic (exact) mass is 262 g/mol. The summed E-state index contributed by atoms with van der Waals surface area (Å²) < 4.78 is 38.1. The van der Waals surface area contributed by atoms with Crippen LogP contribution < -0.4 is 0 Å². The quantitative estimate of drug-likeness (QED) is 0.763. The number of halogens is 3. The average molecular weight is 263 g/mol. The smallest absolute Gasteiger partial charge is 0.195 e. The largest absolute Gasteiger partial charge is 0.343 e. The van der Waals surface area contributed by atoms with Gasteiger partial charge in [-0.25, -0.2) is 8.78 Å². The van der Waals surface area contributed by atoms with E-state index < -0.39 is 17.4 Å². The first-order valence-electron chi connectivity index (χ1n) is 5.30. The van der Waals surface area contributed by atoms with Crippen molar-refractivity contribution >= 4 is 11.6 Å². The molecule has 1 aliphatic rings. The highest BCUT2D eigenvalue weighted by atomic mass is 35.5. The Morgan fingerprint density at radius 1 is 1.41 bits per heavy atom. The van der Waals surface area contributed by atoms with E-state index in [4.69, 9.17) is 21.1 Å². The molecule has 2 atom stereocenters. The first kappa shape index (κ1) is 12.7. The minimum Gasteiger partial charge on any atom is -0.343 e. The second kappa shape index (κ2) is 4.52. The van der Waals surface area contributed by atoms with E-state index in [9.17, 15) is 8.78 Å². The van der Waals surface area contributed by atoms with E-state index in [1.807, 2.05) is 0 Å². The molecule has 0 spiro atoms. The first-order valence-corrected chi connectivity index (χ1v) is 5.83.